The Morgan fingerprint density at radius 1 is 1.35 bits per heavy atom. The molecule has 0 fully saturated rings. The predicted molar refractivity (Wildman–Crippen MR) is 79.0 cm³/mol. The fourth-order valence-corrected chi connectivity index (χ4v) is 2.79. The van der Waals surface area contributed by atoms with Crippen LogP contribution in [-0.2, 0) is 16.3 Å². The molecule has 0 heterocycles. The molecule has 1 unspecified atom stereocenters. The Labute approximate surface area is 124 Å². The van der Waals surface area contributed by atoms with E-state index in [0.717, 1.165) is 6.26 Å². The van der Waals surface area contributed by atoms with E-state index >= 15 is 0 Å². The molecule has 7 heteroatoms. The van der Waals surface area contributed by atoms with Gasteiger partial charge in [0.1, 0.15) is 4.90 Å². The molecule has 1 rings (SSSR count). The second kappa shape index (κ2) is 5.69. The molecule has 5 nitrogen and oxygen atoms in total. The van der Waals surface area contributed by atoms with Crippen molar-refractivity contribution in [3.63, 3.8) is 0 Å². The third-order valence-corrected chi connectivity index (χ3v) is 4.94. The third kappa shape index (κ3) is 3.93. The van der Waals surface area contributed by atoms with Crippen molar-refractivity contribution in [1.29, 1.82) is 0 Å². The minimum atomic E-state index is -3.66. The molecule has 0 aromatic heterocycles. The van der Waals surface area contributed by atoms with Crippen molar-refractivity contribution in [2.24, 2.45) is 5.41 Å². The molecule has 0 saturated heterocycles. The van der Waals surface area contributed by atoms with Crippen molar-refractivity contribution in [3.8, 4) is 0 Å². The highest BCUT2D eigenvalue weighted by molar-refractivity contribution is 7.90. The van der Waals surface area contributed by atoms with E-state index in [-0.39, 0.29) is 27.8 Å². The van der Waals surface area contributed by atoms with Crippen LogP contribution in [-0.4, -0.2) is 25.0 Å². The van der Waals surface area contributed by atoms with Crippen molar-refractivity contribution in [1.82, 2.24) is 0 Å². The zero-order valence-corrected chi connectivity index (χ0v) is 13.5. The molecular formula is C13H18ClNO4S. The second-order valence-corrected chi connectivity index (χ2v) is 8.34. The molecule has 0 aliphatic rings. The fraction of sp³-hybridized carbons (Fsp3) is 0.538. The monoisotopic (exact) mass is 319 g/mol. The molecule has 0 radical (unpaired) electrons. The number of para-hydroxylation sites is 1. The van der Waals surface area contributed by atoms with Crippen LogP contribution in [0.1, 0.15) is 26.3 Å². The molecule has 0 bridgehead atoms. The highest BCUT2D eigenvalue weighted by Crippen LogP contribution is 2.33. The summed E-state index contributed by atoms with van der Waals surface area (Å²) in [5.74, 6) is 0. The van der Waals surface area contributed by atoms with Crippen molar-refractivity contribution in [2.45, 2.75) is 37.5 Å². The summed E-state index contributed by atoms with van der Waals surface area (Å²) >= 11 is 6.26. The maximum atomic E-state index is 11.7. The van der Waals surface area contributed by atoms with Crippen LogP contribution < -0.4 is 0 Å². The first-order chi connectivity index (χ1) is 8.94. The van der Waals surface area contributed by atoms with E-state index in [1.165, 1.54) is 12.1 Å². The number of nitro groups is 1. The van der Waals surface area contributed by atoms with E-state index in [2.05, 4.69) is 0 Å². The average Bonchev–Trinajstić information content (AvgIpc) is 2.25. The normalized spacial score (nSPS) is 14.1. The lowest BCUT2D eigenvalue weighted by molar-refractivity contribution is -0.388. The first-order valence-corrected chi connectivity index (χ1v) is 8.38. The Balaban J connectivity index is 3.39. The Morgan fingerprint density at radius 2 is 1.90 bits per heavy atom. The summed E-state index contributed by atoms with van der Waals surface area (Å²) in [4.78, 5) is 10.3. The van der Waals surface area contributed by atoms with E-state index in [1.54, 1.807) is 6.07 Å². The molecule has 1 atom stereocenters. The van der Waals surface area contributed by atoms with E-state index < -0.39 is 14.8 Å². The molecule has 112 valence electrons. The zero-order chi connectivity index (χ0) is 15.7. The van der Waals surface area contributed by atoms with Crippen LogP contribution in [0.3, 0.4) is 0 Å². The van der Waals surface area contributed by atoms with Gasteiger partial charge in [-0.1, -0.05) is 32.9 Å². The smallest absolute Gasteiger partial charge is 0.258 e. The minimum Gasteiger partial charge on any atom is -0.258 e. The van der Waals surface area contributed by atoms with Gasteiger partial charge in [-0.15, -0.1) is 11.6 Å². The summed E-state index contributed by atoms with van der Waals surface area (Å²) in [7, 11) is -3.66. The third-order valence-electron chi connectivity index (χ3n) is 3.00. The number of alkyl halides is 1. The van der Waals surface area contributed by atoms with Gasteiger partial charge in [-0.2, -0.15) is 0 Å². The summed E-state index contributed by atoms with van der Waals surface area (Å²) in [6, 6.07) is 4.30. The van der Waals surface area contributed by atoms with Crippen LogP contribution in [0.5, 0.6) is 0 Å². The van der Waals surface area contributed by atoms with Crippen molar-refractivity contribution < 1.29 is 13.3 Å². The molecule has 0 aliphatic carbocycles. The molecular weight excluding hydrogens is 302 g/mol. The molecule has 20 heavy (non-hydrogen) atoms. The van der Waals surface area contributed by atoms with Crippen LogP contribution in [0.2, 0.25) is 0 Å². The van der Waals surface area contributed by atoms with Crippen LogP contribution in [0, 0.1) is 15.5 Å². The standard InChI is InChI=1S/C13H18ClNO4S/c1-13(2,3)11(14)8-9-6-5-7-10(20(4,18)19)12(9)15(16)17/h5-7,11H,8H2,1-4H3. The predicted octanol–water partition coefficient (Wildman–Crippen LogP) is 3.19. The number of hydrogen-bond acceptors (Lipinski definition) is 4. The lowest BCUT2D eigenvalue weighted by Gasteiger charge is -2.25. The Hall–Kier alpha value is -1.14. The molecule has 1 aromatic rings. The van der Waals surface area contributed by atoms with Gasteiger partial charge < -0.3 is 0 Å². The number of halogens is 1. The molecule has 0 amide bonds. The van der Waals surface area contributed by atoms with Crippen LogP contribution in [0.4, 0.5) is 5.69 Å². The number of benzene rings is 1. The van der Waals surface area contributed by atoms with E-state index in [1.807, 2.05) is 20.8 Å². The number of sulfone groups is 1. The van der Waals surface area contributed by atoms with E-state index in [4.69, 9.17) is 11.6 Å². The van der Waals surface area contributed by atoms with Gasteiger partial charge in [-0.3, -0.25) is 10.1 Å². The number of hydrogen-bond donors (Lipinski definition) is 0. The second-order valence-electron chi connectivity index (χ2n) is 5.83. The summed E-state index contributed by atoms with van der Waals surface area (Å²) < 4.78 is 23.3. The summed E-state index contributed by atoms with van der Waals surface area (Å²) in [5, 5.41) is 10.9. The van der Waals surface area contributed by atoms with Gasteiger partial charge in [0.25, 0.3) is 5.69 Å². The Morgan fingerprint density at radius 3 is 2.30 bits per heavy atom. The topological polar surface area (TPSA) is 77.3 Å². The van der Waals surface area contributed by atoms with Crippen molar-refractivity contribution in [2.75, 3.05) is 6.26 Å². The molecule has 0 N–H and O–H groups in total. The summed E-state index contributed by atoms with van der Waals surface area (Å²) in [5.41, 5.74) is -0.269. The van der Waals surface area contributed by atoms with Gasteiger partial charge in [0.15, 0.2) is 9.84 Å². The number of nitrogens with zero attached hydrogens (tertiary/aromatic N) is 1. The minimum absolute atomic E-state index is 0.240. The van der Waals surface area contributed by atoms with Gasteiger partial charge in [0.2, 0.25) is 0 Å². The first-order valence-electron chi connectivity index (χ1n) is 6.05. The highest BCUT2D eigenvalue weighted by atomic mass is 35.5. The van der Waals surface area contributed by atoms with Crippen LogP contribution in [0.15, 0.2) is 23.1 Å². The van der Waals surface area contributed by atoms with Gasteiger partial charge in [0.05, 0.1) is 4.92 Å². The number of rotatable bonds is 4. The summed E-state index contributed by atoms with van der Waals surface area (Å²) in [6.07, 6.45) is 1.20. The Kier molecular flexibility index (Phi) is 4.82. The van der Waals surface area contributed by atoms with Gasteiger partial charge in [0, 0.05) is 17.2 Å². The quantitative estimate of drug-likeness (QED) is 0.485. The average molecular weight is 320 g/mol. The SMILES string of the molecule is CC(C)(C)C(Cl)Cc1cccc(S(C)(=O)=O)c1[N+](=O)[O-]. The summed E-state index contributed by atoms with van der Waals surface area (Å²) in [6.45, 7) is 5.78. The van der Waals surface area contributed by atoms with Gasteiger partial charge in [-0.25, -0.2) is 8.42 Å². The molecule has 0 spiro atoms. The number of nitro benzene ring substituents is 1. The van der Waals surface area contributed by atoms with E-state index in [0.29, 0.717) is 5.56 Å². The highest BCUT2D eigenvalue weighted by Gasteiger charge is 2.30. The van der Waals surface area contributed by atoms with E-state index in [9.17, 15) is 18.5 Å². The lowest BCUT2D eigenvalue weighted by Crippen LogP contribution is -2.23. The molecule has 0 saturated carbocycles. The zero-order valence-electron chi connectivity index (χ0n) is 11.9. The maximum absolute atomic E-state index is 11.7. The molecule has 0 aliphatic heterocycles. The fourth-order valence-electron chi connectivity index (χ4n) is 1.74. The van der Waals surface area contributed by atoms with Crippen molar-refractivity contribution in [3.05, 3.63) is 33.9 Å². The largest absolute Gasteiger partial charge is 0.291 e. The van der Waals surface area contributed by atoms with Crippen LogP contribution in [0.25, 0.3) is 0 Å². The maximum Gasteiger partial charge on any atom is 0.291 e. The van der Waals surface area contributed by atoms with Crippen molar-refractivity contribution >= 4 is 27.1 Å². The Bertz CT molecular complexity index is 620. The van der Waals surface area contributed by atoms with Crippen LogP contribution >= 0.6 is 11.6 Å². The van der Waals surface area contributed by atoms with Gasteiger partial charge in [-0.05, 0) is 17.9 Å². The first kappa shape index (κ1) is 16.9. The van der Waals surface area contributed by atoms with Gasteiger partial charge >= 0.3 is 0 Å². The lowest BCUT2D eigenvalue weighted by atomic mass is 9.87. The molecule has 1 aromatic carbocycles.